The van der Waals surface area contributed by atoms with E-state index in [2.05, 4.69) is 5.32 Å². The van der Waals surface area contributed by atoms with Crippen LogP contribution in [-0.4, -0.2) is 29.2 Å². The second-order valence-corrected chi connectivity index (χ2v) is 7.13. The first-order chi connectivity index (χ1) is 12.4. The topological polar surface area (TPSA) is 66.5 Å². The van der Waals surface area contributed by atoms with Crippen LogP contribution < -0.4 is 5.32 Å². The summed E-state index contributed by atoms with van der Waals surface area (Å²) in [7, 11) is 0. The number of nitrogens with one attached hydrogen (secondary N) is 1. The Balaban J connectivity index is 1.63. The molecule has 1 aliphatic heterocycles. The number of carbonyl (C=O) groups excluding carboxylic acids is 3. The standard InChI is InChI=1S/C21H20N2O3/c1-13-7-8-14(2)16(11-13)18(24)12-23-19(25)21(22-20(23)26)10-9-15-5-3-4-6-17(15)21/h3-8,11H,9-10,12H2,1-2H3,(H,22,26)/t21-/m1/s1. The summed E-state index contributed by atoms with van der Waals surface area (Å²) in [5.74, 6) is -0.552. The van der Waals surface area contributed by atoms with E-state index in [0.29, 0.717) is 12.0 Å². The maximum absolute atomic E-state index is 13.1. The van der Waals surface area contributed by atoms with Crippen molar-refractivity contribution in [2.24, 2.45) is 0 Å². The normalized spacial score (nSPS) is 21.2. The Morgan fingerprint density at radius 1 is 1.15 bits per heavy atom. The zero-order valence-electron chi connectivity index (χ0n) is 14.8. The van der Waals surface area contributed by atoms with Gasteiger partial charge in [-0.25, -0.2) is 4.79 Å². The number of hydrogen-bond acceptors (Lipinski definition) is 3. The molecule has 1 spiro atoms. The van der Waals surface area contributed by atoms with Gasteiger partial charge in [0.2, 0.25) is 0 Å². The molecule has 132 valence electrons. The predicted molar refractivity (Wildman–Crippen MR) is 96.9 cm³/mol. The van der Waals surface area contributed by atoms with Gasteiger partial charge >= 0.3 is 6.03 Å². The van der Waals surface area contributed by atoms with Crippen LogP contribution >= 0.6 is 0 Å². The SMILES string of the molecule is Cc1ccc(C)c(C(=O)CN2C(=O)N[C@@]3(CCc4ccccc43)C2=O)c1. The molecule has 5 heteroatoms. The minimum absolute atomic E-state index is 0.224. The molecular formula is C21H20N2O3. The number of fused-ring (bicyclic) bond motifs is 2. The summed E-state index contributed by atoms with van der Waals surface area (Å²) < 4.78 is 0. The van der Waals surface area contributed by atoms with Gasteiger partial charge in [-0.1, -0.05) is 42.0 Å². The molecule has 2 aromatic rings. The number of Topliss-reactive ketones (excluding diaryl/α,β-unsaturated/α-hetero) is 1. The molecule has 0 aromatic heterocycles. The van der Waals surface area contributed by atoms with Crippen molar-refractivity contribution in [1.29, 1.82) is 0 Å². The monoisotopic (exact) mass is 348 g/mol. The molecule has 3 amide bonds. The Labute approximate surface area is 152 Å². The van der Waals surface area contributed by atoms with E-state index in [1.807, 2.05) is 50.2 Å². The van der Waals surface area contributed by atoms with Crippen molar-refractivity contribution in [1.82, 2.24) is 10.2 Å². The van der Waals surface area contributed by atoms with Crippen LogP contribution in [0, 0.1) is 13.8 Å². The van der Waals surface area contributed by atoms with Gasteiger partial charge in [0.25, 0.3) is 5.91 Å². The summed E-state index contributed by atoms with van der Waals surface area (Å²) in [5, 5.41) is 2.85. The van der Waals surface area contributed by atoms with Gasteiger partial charge in [-0.15, -0.1) is 0 Å². The molecule has 0 saturated carbocycles. The lowest BCUT2D eigenvalue weighted by molar-refractivity contribution is -0.131. The number of amides is 3. The first-order valence-corrected chi connectivity index (χ1v) is 8.75. The molecule has 0 radical (unpaired) electrons. The van der Waals surface area contributed by atoms with Crippen LogP contribution in [0.3, 0.4) is 0 Å². The number of hydrogen-bond donors (Lipinski definition) is 1. The van der Waals surface area contributed by atoms with Crippen molar-refractivity contribution in [2.75, 3.05) is 6.54 Å². The average molecular weight is 348 g/mol. The highest BCUT2D eigenvalue weighted by Gasteiger charge is 2.55. The molecule has 0 unspecified atom stereocenters. The maximum Gasteiger partial charge on any atom is 0.325 e. The van der Waals surface area contributed by atoms with Crippen LogP contribution in [0.1, 0.15) is 39.0 Å². The van der Waals surface area contributed by atoms with Crippen LogP contribution in [0.4, 0.5) is 4.79 Å². The van der Waals surface area contributed by atoms with E-state index in [1.54, 1.807) is 6.07 Å². The van der Waals surface area contributed by atoms with E-state index in [4.69, 9.17) is 0 Å². The Morgan fingerprint density at radius 2 is 1.92 bits per heavy atom. The molecule has 26 heavy (non-hydrogen) atoms. The summed E-state index contributed by atoms with van der Waals surface area (Å²) in [6.07, 6.45) is 1.27. The minimum Gasteiger partial charge on any atom is -0.319 e. The lowest BCUT2D eigenvalue weighted by Gasteiger charge is -2.22. The lowest BCUT2D eigenvalue weighted by Crippen LogP contribution is -2.42. The molecule has 1 heterocycles. The van der Waals surface area contributed by atoms with Crippen LogP contribution in [0.5, 0.6) is 0 Å². The Bertz CT molecular complexity index is 950. The third-order valence-corrected chi connectivity index (χ3v) is 5.42. The number of rotatable bonds is 3. The van der Waals surface area contributed by atoms with E-state index in [9.17, 15) is 14.4 Å². The highest BCUT2D eigenvalue weighted by molar-refractivity contribution is 6.12. The predicted octanol–water partition coefficient (Wildman–Crippen LogP) is 2.88. The fraction of sp³-hybridized carbons (Fsp3) is 0.286. The molecule has 1 saturated heterocycles. The molecule has 1 aliphatic carbocycles. The number of nitrogens with zero attached hydrogens (tertiary/aromatic N) is 1. The van der Waals surface area contributed by atoms with Gasteiger partial charge in [0.1, 0.15) is 5.54 Å². The number of imide groups is 1. The van der Waals surface area contributed by atoms with E-state index < -0.39 is 11.6 Å². The maximum atomic E-state index is 13.1. The van der Waals surface area contributed by atoms with Crippen LogP contribution in [0.15, 0.2) is 42.5 Å². The fourth-order valence-electron chi connectivity index (χ4n) is 4.00. The highest BCUT2D eigenvalue weighted by atomic mass is 16.2. The van der Waals surface area contributed by atoms with E-state index in [1.165, 1.54) is 0 Å². The third kappa shape index (κ3) is 2.35. The van der Waals surface area contributed by atoms with Crippen molar-refractivity contribution in [2.45, 2.75) is 32.2 Å². The minimum atomic E-state index is -1.02. The first-order valence-electron chi connectivity index (χ1n) is 8.75. The van der Waals surface area contributed by atoms with E-state index in [0.717, 1.165) is 33.6 Å². The summed E-state index contributed by atoms with van der Waals surface area (Å²) in [6.45, 7) is 3.53. The molecular weight excluding hydrogens is 328 g/mol. The van der Waals surface area contributed by atoms with Gasteiger partial charge in [0, 0.05) is 5.56 Å². The molecule has 1 fully saturated rings. The van der Waals surface area contributed by atoms with Crippen molar-refractivity contribution in [3.8, 4) is 0 Å². The molecule has 2 aliphatic rings. The fourth-order valence-corrected chi connectivity index (χ4v) is 4.00. The number of benzene rings is 2. The molecule has 0 bridgehead atoms. The van der Waals surface area contributed by atoms with Gasteiger partial charge in [-0.2, -0.15) is 0 Å². The van der Waals surface area contributed by atoms with Crippen LogP contribution in [-0.2, 0) is 16.8 Å². The van der Waals surface area contributed by atoms with Crippen LogP contribution in [0.2, 0.25) is 0 Å². The van der Waals surface area contributed by atoms with Crippen molar-refractivity contribution >= 4 is 17.7 Å². The third-order valence-electron chi connectivity index (χ3n) is 5.42. The van der Waals surface area contributed by atoms with Gasteiger partial charge in [0.05, 0.1) is 6.54 Å². The molecule has 4 rings (SSSR count). The lowest BCUT2D eigenvalue weighted by atomic mass is 9.91. The number of aryl methyl sites for hydroxylation is 3. The zero-order chi connectivity index (χ0) is 18.5. The molecule has 1 atom stereocenters. The second-order valence-electron chi connectivity index (χ2n) is 7.13. The Kier molecular flexibility index (Phi) is 3.68. The van der Waals surface area contributed by atoms with Gasteiger partial charge in [-0.3, -0.25) is 14.5 Å². The van der Waals surface area contributed by atoms with Gasteiger partial charge in [0.15, 0.2) is 5.78 Å². The zero-order valence-corrected chi connectivity index (χ0v) is 14.8. The highest BCUT2D eigenvalue weighted by Crippen LogP contribution is 2.41. The molecule has 1 N–H and O–H groups in total. The van der Waals surface area contributed by atoms with Gasteiger partial charge in [-0.05, 0) is 49.4 Å². The summed E-state index contributed by atoms with van der Waals surface area (Å²) in [5.41, 5.74) is 3.27. The number of carbonyl (C=O) groups is 3. The second kappa shape index (κ2) is 5.80. The Hall–Kier alpha value is -2.95. The average Bonchev–Trinajstić information content (AvgIpc) is 3.11. The Morgan fingerprint density at radius 3 is 2.73 bits per heavy atom. The summed E-state index contributed by atoms with van der Waals surface area (Å²) in [6, 6.07) is 12.8. The summed E-state index contributed by atoms with van der Waals surface area (Å²) >= 11 is 0. The number of ketones is 1. The van der Waals surface area contributed by atoms with Crippen molar-refractivity contribution in [3.05, 3.63) is 70.3 Å². The summed E-state index contributed by atoms with van der Waals surface area (Å²) in [4.78, 5) is 39.4. The first kappa shape index (κ1) is 16.5. The quantitative estimate of drug-likeness (QED) is 0.685. The van der Waals surface area contributed by atoms with E-state index in [-0.39, 0.29) is 18.2 Å². The largest absolute Gasteiger partial charge is 0.325 e. The van der Waals surface area contributed by atoms with Crippen molar-refractivity contribution in [3.63, 3.8) is 0 Å². The van der Waals surface area contributed by atoms with E-state index >= 15 is 0 Å². The van der Waals surface area contributed by atoms with Crippen LogP contribution in [0.25, 0.3) is 0 Å². The molecule has 5 nitrogen and oxygen atoms in total. The number of urea groups is 1. The molecule has 2 aromatic carbocycles. The smallest absolute Gasteiger partial charge is 0.319 e. The van der Waals surface area contributed by atoms with Gasteiger partial charge < -0.3 is 5.32 Å². The van der Waals surface area contributed by atoms with Crippen molar-refractivity contribution < 1.29 is 14.4 Å².